The molecule has 3 atom stereocenters. The van der Waals surface area contributed by atoms with Crippen LogP contribution in [0.3, 0.4) is 0 Å². The number of nitrogens with zero attached hydrogens (tertiary/aromatic N) is 1. The summed E-state index contributed by atoms with van der Waals surface area (Å²) in [5.74, 6) is -0.476. The summed E-state index contributed by atoms with van der Waals surface area (Å²) in [5, 5.41) is 0. The SMILES string of the molecule is CC(C)[C@@H]1COC(=O)N1C(=O)[C@@H](C)[C@@H](C)OCc1ccccc1. The highest BCUT2D eigenvalue weighted by Gasteiger charge is 2.42. The molecule has 0 unspecified atom stereocenters. The Bertz CT molecular complexity index is 543. The lowest BCUT2D eigenvalue weighted by Crippen LogP contribution is -2.46. The van der Waals surface area contributed by atoms with E-state index in [1.165, 1.54) is 4.90 Å². The zero-order valence-electron chi connectivity index (χ0n) is 14.2. The molecule has 2 amide bonds. The van der Waals surface area contributed by atoms with Gasteiger partial charge in [0.25, 0.3) is 0 Å². The van der Waals surface area contributed by atoms with Crippen molar-refractivity contribution in [2.45, 2.75) is 46.4 Å². The van der Waals surface area contributed by atoms with Crippen molar-refractivity contribution in [2.75, 3.05) is 6.61 Å². The molecular formula is C18H25NO4. The number of imide groups is 1. The van der Waals surface area contributed by atoms with Gasteiger partial charge in [-0.3, -0.25) is 4.79 Å². The predicted octanol–water partition coefficient (Wildman–Crippen LogP) is 3.23. The first kappa shape index (κ1) is 17.5. The number of hydrogen-bond acceptors (Lipinski definition) is 4. The van der Waals surface area contributed by atoms with Gasteiger partial charge >= 0.3 is 6.09 Å². The summed E-state index contributed by atoms with van der Waals surface area (Å²) in [7, 11) is 0. The number of ether oxygens (including phenoxy) is 2. The third-order valence-corrected chi connectivity index (χ3v) is 4.36. The fraction of sp³-hybridized carbons (Fsp3) is 0.556. The van der Waals surface area contributed by atoms with Gasteiger partial charge in [0.1, 0.15) is 6.61 Å². The van der Waals surface area contributed by atoms with Gasteiger partial charge in [0, 0.05) is 0 Å². The Balaban J connectivity index is 1.96. The molecule has 1 aromatic carbocycles. The normalized spacial score (nSPS) is 20.5. The van der Waals surface area contributed by atoms with Gasteiger partial charge in [0.05, 0.1) is 24.7 Å². The van der Waals surface area contributed by atoms with Gasteiger partial charge < -0.3 is 9.47 Å². The van der Waals surface area contributed by atoms with Crippen LogP contribution in [0.1, 0.15) is 33.3 Å². The summed E-state index contributed by atoms with van der Waals surface area (Å²) in [5.41, 5.74) is 1.06. The summed E-state index contributed by atoms with van der Waals surface area (Å²) in [6.45, 7) is 8.32. The van der Waals surface area contributed by atoms with Gasteiger partial charge in [-0.05, 0) is 18.4 Å². The molecule has 1 heterocycles. The Labute approximate surface area is 137 Å². The number of carbonyl (C=O) groups excluding carboxylic acids is 2. The Morgan fingerprint density at radius 3 is 2.52 bits per heavy atom. The van der Waals surface area contributed by atoms with Gasteiger partial charge in [0.15, 0.2) is 0 Å². The smallest absolute Gasteiger partial charge is 0.416 e. The lowest BCUT2D eigenvalue weighted by Gasteiger charge is -2.27. The quantitative estimate of drug-likeness (QED) is 0.808. The number of amides is 2. The van der Waals surface area contributed by atoms with E-state index >= 15 is 0 Å². The molecule has 0 saturated carbocycles. The maximum Gasteiger partial charge on any atom is 0.416 e. The van der Waals surface area contributed by atoms with E-state index in [4.69, 9.17) is 9.47 Å². The molecule has 1 aromatic rings. The molecule has 0 aliphatic carbocycles. The van der Waals surface area contributed by atoms with Crippen LogP contribution in [-0.4, -0.2) is 35.7 Å². The Morgan fingerprint density at radius 2 is 1.91 bits per heavy atom. The Kier molecular flexibility index (Phi) is 5.77. The van der Waals surface area contributed by atoms with Crippen molar-refractivity contribution in [1.29, 1.82) is 0 Å². The van der Waals surface area contributed by atoms with Gasteiger partial charge in [-0.1, -0.05) is 51.1 Å². The zero-order chi connectivity index (χ0) is 17.0. The van der Waals surface area contributed by atoms with E-state index in [1.807, 2.05) is 51.1 Å². The fourth-order valence-corrected chi connectivity index (χ4v) is 2.55. The fourth-order valence-electron chi connectivity index (χ4n) is 2.55. The van der Waals surface area contributed by atoms with E-state index in [2.05, 4.69) is 0 Å². The number of benzene rings is 1. The largest absolute Gasteiger partial charge is 0.447 e. The Morgan fingerprint density at radius 1 is 1.26 bits per heavy atom. The van der Waals surface area contributed by atoms with Crippen molar-refractivity contribution in [2.24, 2.45) is 11.8 Å². The lowest BCUT2D eigenvalue weighted by molar-refractivity contribution is -0.138. The number of cyclic esters (lactones) is 1. The van der Waals surface area contributed by atoms with Crippen LogP contribution in [0.5, 0.6) is 0 Å². The molecule has 23 heavy (non-hydrogen) atoms. The molecule has 0 spiro atoms. The maximum absolute atomic E-state index is 12.7. The standard InChI is InChI=1S/C18H25NO4/c1-12(2)16-11-23-18(21)19(16)17(20)13(3)14(4)22-10-15-8-6-5-7-9-15/h5-9,12-14,16H,10-11H2,1-4H3/t13-,14+,16-/m0/s1. The van der Waals surface area contributed by atoms with Crippen LogP contribution in [0.15, 0.2) is 30.3 Å². The van der Waals surface area contributed by atoms with Crippen LogP contribution >= 0.6 is 0 Å². The molecule has 1 saturated heterocycles. The Hall–Kier alpha value is -1.88. The highest BCUT2D eigenvalue weighted by atomic mass is 16.6. The molecule has 0 N–H and O–H groups in total. The van der Waals surface area contributed by atoms with Gasteiger partial charge in [-0.15, -0.1) is 0 Å². The third-order valence-electron chi connectivity index (χ3n) is 4.36. The van der Waals surface area contributed by atoms with Crippen LogP contribution in [0.25, 0.3) is 0 Å². The molecule has 0 aromatic heterocycles. The van der Waals surface area contributed by atoms with Crippen molar-refractivity contribution in [3.8, 4) is 0 Å². The van der Waals surface area contributed by atoms with Crippen LogP contribution in [0.4, 0.5) is 4.79 Å². The maximum atomic E-state index is 12.7. The van der Waals surface area contributed by atoms with E-state index in [9.17, 15) is 9.59 Å². The third kappa shape index (κ3) is 4.10. The summed E-state index contributed by atoms with van der Waals surface area (Å²) >= 11 is 0. The van der Waals surface area contributed by atoms with Crippen LogP contribution in [0.2, 0.25) is 0 Å². The van der Waals surface area contributed by atoms with Crippen molar-refractivity contribution in [3.05, 3.63) is 35.9 Å². The van der Waals surface area contributed by atoms with Crippen molar-refractivity contribution in [3.63, 3.8) is 0 Å². The molecular weight excluding hydrogens is 294 g/mol. The molecule has 5 heteroatoms. The second-order valence-corrected chi connectivity index (χ2v) is 6.39. The van der Waals surface area contributed by atoms with E-state index in [0.717, 1.165) is 5.56 Å². The van der Waals surface area contributed by atoms with Gasteiger partial charge in [-0.25, -0.2) is 9.69 Å². The van der Waals surface area contributed by atoms with Crippen molar-refractivity contribution < 1.29 is 19.1 Å². The van der Waals surface area contributed by atoms with Crippen molar-refractivity contribution >= 4 is 12.0 Å². The minimum atomic E-state index is -0.546. The zero-order valence-corrected chi connectivity index (χ0v) is 14.2. The average Bonchev–Trinajstić information content (AvgIpc) is 2.94. The highest BCUT2D eigenvalue weighted by Crippen LogP contribution is 2.23. The molecule has 2 rings (SSSR count). The topological polar surface area (TPSA) is 55.8 Å². The number of carbonyl (C=O) groups is 2. The molecule has 0 bridgehead atoms. The molecule has 1 aliphatic heterocycles. The number of hydrogen-bond donors (Lipinski definition) is 0. The second-order valence-electron chi connectivity index (χ2n) is 6.39. The van der Waals surface area contributed by atoms with E-state index < -0.39 is 12.0 Å². The lowest BCUT2D eigenvalue weighted by atomic mass is 10.00. The van der Waals surface area contributed by atoms with Crippen LogP contribution < -0.4 is 0 Å². The average molecular weight is 319 g/mol. The summed E-state index contributed by atoms with van der Waals surface area (Å²) in [6.07, 6.45) is -0.834. The van der Waals surface area contributed by atoms with Crippen LogP contribution in [-0.2, 0) is 20.9 Å². The highest BCUT2D eigenvalue weighted by molar-refractivity contribution is 5.94. The molecule has 1 fully saturated rings. The van der Waals surface area contributed by atoms with Crippen molar-refractivity contribution in [1.82, 2.24) is 4.90 Å². The van der Waals surface area contributed by atoms with E-state index in [-0.39, 0.29) is 30.6 Å². The molecule has 126 valence electrons. The molecule has 5 nitrogen and oxygen atoms in total. The molecule has 0 radical (unpaired) electrons. The van der Waals surface area contributed by atoms with Crippen LogP contribution in [0, 0.1) is 11.8 Å². The first-order valence-corrected chi connectivity index (χ1v) is 8.07. The minimum Gasteiger partial charge on any atom is -0.447 e. The van der Waals surface area contributed by atoms with E-state index in [1.54, 1.807) is 6.92 Å². The monoisotopic (exact) mass is 319 g/mol. The van der Waals surface area contributed by atoms with E-state index in [0.29, 0.717) is 6.61 Å². The first-order chi connectivity index (χ1) is 10.9. The summed E-state index contributed by atoms with van der Waals surface area (Å²) < 4.78 is 10.8. The van der Waals surface area contributed by atoms with Gasteiger partial charge in [0.2, 0.25) is 5.91 Å². The first-order valence-electron chi connectivity index (χ1n) is 8.07. The van der Waals surface area contributed by atoms with Gasteiger partial charge in [-0.2, -0.15) is 0 Å². The summed E-state index contributed by atoms with van der Waals surface area (Å²) in [6, 6.07) is 9.61. The number of rotatable bonds is 6. The predicted molar refractivity (Wildman–Crippen MR) is 86.7 cm³/mol. The minimum absolute atomic E-state index is 0.165. The second kappa shape index (κ2) is 7.59. The molecule has 1 aliphatic rings. The summed E-state index contributed by atoms with van der Waals surface area (Å²) in [4.78, 5) is 25.8.